The molecule has 0 saturated heterocycles. The van der Waals surface area contributed by atoms with Crippen LogP contribution in [0.2, 0.25) is 0 Å². The van der Waals surface area contributed by atoms with E-state index in [-0.39, 0.29) is 21.2 Å². The normalized spacial score (nSPS) is 12.3. The molecule has 0 spiro atoms. The minimum absolute atomic E-state index is 0.233. The second kappa shape index (κ2) is 3.51. The summed E-state index contributed by atoms with van der Waals surface area (Å²) in [4.78, 5) is 6.27. The van der Waals surface area contributed by atoms with Gasteiger partial charge in [0, 0.05) is 0 Å². The molecule has 0 saturated carbocycles. The van der Waals surface area contributed by atoms with Crippen LogP contribution < -0.4 is 21.2 Å². The Hall–Kier alpha value is -0.130. The molecule has 0 fully saturated rings. The third-order valence-electron chi connectivity index (χ3n) is 1.50. The Balaban J connectivity index is 2.56. The van der Waals surface area contributed by atoms with Crippen LogP contribution in [0.4, 0.5) is 0 Å². The van der Waals surface area contributed by atoms with Crippen LogP contribution >= 0.6 is 0 Å². The predicted octanol–water partition coefficient (Wildman–Crippen LogP) is -1.89. The molecule has 1 rings (SSSR count). The Labute approximate surface area is 76.8 Å². The van der Waals surface area contributed by atoms with Gasteiger partial charge in [0.1, 0.15) is 0 Å². The first-order chi connectivity index (χ1) is 5.14. The van der Waals surface area contributed by atoms with E-state index in [9.17, 15) is 0 Å². The van der Waals surface area contributed by atoms with Gasteiger partial charge in [-0.3, -0.25) is 0 Å². The molecule has 3 nitrogen and oxygen atoms in total. The Morgan fingerprint density at radius 3 is 2.82 bits per heavy atom. The summed E-state index contributed by atoms with van der Waals surface area (Å²) in [5.74, 6) is 0.830. The molecule has 1 aromatic heterocycles. The molecular formula is C7H12IN2O-. The van der Waals surface area contributed by atoms with Gasteiger partial charge < -0.3 is 0 Å². The fraction of sp³-hybridized carbons (Fsp3) is 0.714. The zero-order valence-corrected chi connectivity index (χ0v) is 9.12. The van der Waals surface area contributed by atoms with Crippen LogP contribution in [0.3, 0.4) is 0 Å². The molecule has 0 radical (unpaired) electrons. The van der Waals surface area contributed by atoms with Gasteiger partial charge in [0.15, 0.2) is 0 Å². The van der Waals surface area contributed by atoms with Gasteiger partial charge >= 0.3 is 76.7 Å². The predicted molar refractivity (Wildman–Crippen MR) is 38.0 cm³/mol. The van der Waals surface area contributed by atoms with Crippen LogP contribution in [0.5, 0.6) is 0 Å². The van der Waals surface area contributed by atoms with Crippen molar-refractivity contribution in [1.29, 1.82) is 0 Å². The quantitative estimate of drug-likeness (QED) is 0.475. The van der Waals surface area contributed by atoms with E-state index in [1.54, 1.807) is 0 Å². The van der Waals surface area contributed by atoms with Gasteiger partial charge in [0.05, 0.1) is 0 Å². The van der Waals surface area contributed by atoms with Crippen LogP contribution in [-0.4, -0.2) is 18.5 Å². The molecular weight excluding hydrogens is 255 g/mol. The van der Waals surface area contributed by atoms with Crippen molar-refractivity contribution in [1.82, 2.24) is 10.1 Å². The Kier molecular flexibility index (Phi) is 2.86. The molecule has 0 aliphatic rings. The molecule has 0 aliphatic heterocycles. The van der Waals surface area contributed by atoms with Gasteiger partial charge in [-0.25, -0.2) is 0 Å². The molecule has 11 heavy (non-hydrogen) atoms. The topological polar surface area (TPSA) is 38.9 Å². The van der Waals surface area contributed by atoms with E-state index < -0.39 is 0 Å². The maximum atomic E-state index is 4.66. The van der Waals surface area contributed by atoms with Gasteiger partial charge in [0.2, 0.25) is 0 Å². The minimum atomic E-state index is 0.233. The van der Waals surface area contributed by atoms with Gasteiger partial charge in [0.25, 0.3) is 0 Å². The number of aromatic nitrogens is 2. The molecule has 1 aromatic rings. The summed E-state index contributed by atoms with van der Waals surface area (Å²) in [7, 11) is 0. The van der Waals surface area contributed by atoms with E-state index in [1.807, 2.05) is 0 Å². The third kappa shape index (κ3) is 2.76. The van der Waals surface area contributed by atoms with Crippen molar-refractivity contribution in [2.45, 2.75) is 23.7 Å². The fourth-order valence-electron chi connectivity index (χ4n) is 0.713. The average molecular weight is 267 g/mol. The summed E-state index contributed by atoms with van der Waals surface area (Å²) in [6.45, 7) is 4.49. The summed E-state index contributed by atoms with van der Waals surface area (Å²) in [5.41, 5.74) is 0. The molecule has 0 amide bonds. The fourth-order valence-corrected chi connectivity index (χ4v) is 1.44. The maximum absolute atomic E-state index is 4.66. The summed E-state index contributed by atoms with van der Waals surface area (Å²) >= 11 is 0.233. The number of hydrogen-bond acceptors (Lipinski definition) is 3. The number of rotatable bonds is 3. The van der Waals surface area contributed by atoms with E-state index in [0.717, 1.165) is 12.2 Å². The number of hydrogen-bond donors (Lipinski definition) is 0. The van der Waals surface area contributed by atoms with Gasteiger partial charge in [-0.05, 0) is 0 Å². The van der Waals surface area contributed by atoms with E-state index in [0.29, 0.717) is 3.42 Å². The monoisotopic (exact) mass is 267 g/mol. The zero-order chi connectivity index (χ0) is 8.32. The second-order valence-corrected chi connectivity index (χ2v) is 6.93. The van der Waals surface area contributed by atoms with Crippen LogP contribution in [0.25, 0.3) is 0 Å². The second-order valence-electron chi connectivity index (χ2n) is 2.93. The molecule has 64 valence electrons. The van der Waals surface area contributed by atoms with Crippen molar-refractivity contribution in [2.75, 3.05) is 4.93 Å². The molecule has 0 aromatic carbocycles. The van der Waals surface area contributed by atoms with E-state index in [1.165, 1.54) is 6.39 Å². The summed E-state index contributed by atoms with van der Waals surface area (Å²) in [5, 5.41) is 3.78. The first-order valence-corrected chi connectivity index (χ1v) is 6.63. The SMILES string of the molecule is C[I-]C(C)(C)Cc1ncon1. The van der Waals surface area contributed by atoms with E-state index >= 15 is 0 Å². The van der Waals surface area contributed by atoms with Gasteiger partial charge in [-0.2, -0.15) is 0 Å². The first kappa shape index (κ1) is 8.96. The van der Waals surface area contributed by atoms with Crippen LogP contribution in [-0.2, 0) is 6.42 Å². The van der Waals surface area contributed by atoms with Crippen molar-refractivity contribution < 1.29 is 25.7 Å². The Morgan fingerprint density at radius 1 is 1.64 bits per heavy atom. The Bertz CT molecular complexity index is 208. The Morgan fingerprint density at radius 2 is 2.36 bits per heavy atom. The molecule has 0 bridgehead atoms. The van der Waals surface area contributed by atoms with Crippen molar-refractivity contribution in [3.8, 4) is 0 Å². The molecule has 0 aliphatic carbocycles. The van der Waals surface area contributed by atoms with Crippen molar-refractivity contribution in [3.63, 3.8) is 0 Å². The molecule has 0 atom stereocenters. The molecule has 0 unspecified atom stereocenters. The molecule has 1 heterocycles. The summed E-state index contributed by atoms with van der Waals surface area (Å²) < 4.78 is 5.05. The zero-order valence-electron chi connectivity index (χ0n) is 6.97. The van der Waals surface area contributed by atoms with Crippen molar-refractivity contribution in [3.05, 3.63) is 12.2 Å². The summed E-state index contributed by atoms with van der Waals surface area (Å²) in [6.07, 6.45) is 2.33. The van der Waals surface area contributed by atoms with Crippen molar-refractivity contribution >= 4 is 0 Å². The standard InChI is InChI=1S/C7H12IN2O/c1-7(2,8-3)4-6-9-5-11-10-6/h5H,4H2,1-3H3/q-1. The molecule has 4 heteroatoms. The van der Waals surface area contributed by atoms with Gasteiger partial charge in [-0.15, -0.1) is 0 Å². The van der Waals surface area contributed by atoms with Crippen LogP contribution in [0, 0.1) is 0 Å². The van der Waals surface area contributed by atoms with E-state index in [4.69, 9.17) is 0 Å². The average Bonchev–Trinajstić information content (AvgIpc) is 2.39. The van der Waals surface area contributed by atoms with Crippen molar-refractivity contribution in [2.24, 2.45) is 0 Å². The number of nitrogens with zero attached hydrogens (tertiary/aromatic N) is 2. The molecule has 0 N–H and O–H groups in total. The summed E-state index contributed by atoms with van der Waals surface area (Å²) in [6, 6.07) is 0. The van der Waals surface area contributed by atoms with E-state index in [2.05, 4.69) is 33.4 Å². The number of halogens is 1. The van der Waals surface area contributed by atoms with Crippen LogP contribution in [0.1, 0.15) is 19.7 Å². The van der Waals surface area contributed by atoms with Crippen LogP contribution in [0.15, 0.2) is 10.9 Å². The first-order valence-electron chi connectivity index (χ1n) is 3.40. The number of alkyl halides is 2. The van der Waals surface area contributed by atoms with Gasteiger partial charge in [-0.1, -0.05) is 0 Å². The third-order valence-corrected chi connectivity index (χ3v) is 4.80.